The molecule has 1 heterocycles. The van der Waals surface area contributed by atoms with Crippen molar-refractivity contribution < 1.29 is 14.6 Å². The summed E-state index contributed by atoms with van der Waals surface area (Å²) in [5.41, 5.74) is 6.10. The van der Waals surface area contributed by atoms with Crippen molar-refractivity contribution in [1.29, 1.82) is 0 Å². The van der Waals surface area contributed by atoms with Gasteiger partial charge < -0.3 is 15.9 Å². The van der Waals surface area contributed by atoms with Gasteiger partial charge in [-0.25, -0.2) is 0 Å². The Labute approximate surface area is 90.6 Å². The van der Waals surface area contributed by atoms with Crippen molar-refractivity contribution in [3.63, 3.8) is 0 Å². The number of phenols is 2. The Morgan fingerprint density at radius 1 is 1.38 bits per heavy atom. The largest absolute Gasteiger partial charge is 0.505 e. The van der Waals surface area contributed by atoms with Gasteiger partial charge in [0.25, 0.3) is 0 Å². The van der Waals surface area contributed by atoms with E-state index in [1.165, 1.54) is 16.8 Å². The minimum atomic E-state index is -1.07. The molecule has 1 aromatic carbocycles. The minimum absolute atomic E-state index is 0.183. The highest BCUT2D eigenvalue weighted by atomic mass is 19.1. The molecule has 0 spiro atoms. The summed E-state index contributed by atoms with van der Waals surface area (Å²) in [6.45, 7) is 0. The lowest BCUT2D eigenvalue weighted by Gasteiger charge is -2.03. The molecule has 84 valence electrons. The fraction of sp³-hybridized carbons (Fsp3) is 0.100. The van der Waals surface area contributed by atoms with Crippen molar-refractivity contribution in [2.24, 2.45) is 7.05 Å². The first kappa shape index (κ1) is 10.3. The molecular weight excluding hydrogens is 213 g/mol. The van der Waals surface area contributed by atoms with E-state index in [4.69, 9.17) is 10.8 Å². The number of benzene rings is 1. The van der Waals surface area contributed by atoms with E-state index >= 15 is 0 Å². The third-order valence-corrected chi connectivity index (χ3v) is 2.29. The zero-order valence-corrected chi connectivity index (χ0v) is 8.48. The molecule has 0 radical (unpaired) electrons. The standard InChI is InChI=1S/C10H10FN3O2/c1-14-8(12)4-6(13-14)5-2-3-7(15)9(11)10(5)16/h2-4,15-16H,12H2,1H3. The molecule has 0 saturated heterocycles. The number of aromatic hydroxyl groups is 2. The van der Waals surface area contributed by atoms with Crippen molar-refractivity contribution in [1.82, 2.24) is 9.78 Å². The molecule has 5 nitrogen and oxygen atoms in total. The van der Waals surface area contributed by atoms with E-state index in [9.17, 15) is 9.50 Å². The Bertz CT molecular complexity index is 532. The number of aromatic nitrogens is 2. The normalized spacial score (nSPS) is 10.6. The van der Waals surface area contributed by atoms with Gasteiger partial charge in [0.05, 0.1) is 5.69 Å². The maximum atomic E-state index is 13.2. The maximum Gasteiger partial charge on any atom is 0.207 e. The summed E-state index contributed by atoms with van der Waals surface area (Å²) < 4.78 is 14.6. The Kier molecular flexibility index (Phi) is 2.19. The van der Waals surface area contributed by atoms with Crippen molar-refractivity contribution >= 4 is 5.82 Å². The van der Waals surface area contributed by atoms with Crippen molar-refractivity contribution in [2.45, 2.75) is 0 Å². The lowest BCUT2D eigenvalue weighted by Crippen LogP contribution is -1.96. The predicted octanol–water partition coefficient (Wildman–Crippen LogP) is 1.22. The van der Waals surface area contributed by atoms with Crippen molar-refractivity contribution in [3.8, 4) is 22.8 Å². The van der Waals surface area contributed by atoms with Crippen molar-refractivity contribution in [2.75, 3.05) is 5.73 Å². The Balaban J connectivity index is 2.61. The van der Waals surface area contributed by atoms with E-state index in [1.54, 1.807) is 7.05 Å². The minimum Gasteiger partial charge on any atom is -0.505 e. The van der Waals surface area contributed by atoms with Gasteiger partial charge >= 0.3 is 0 Å². The number of hydrogen-bond donors (Lipinski definition) is 3. The van der Waals surface area contributed by atoms with Gasteiger partial charge in [0, 0.05) is 18.7 Å². The fourth-order valence-corrected chi connectivity index (χ4v) is 1.37. The predicted molar refractivity (Wildman–Crippen MR) is 56.3 cm³/mol. The monoisotopic (exact) mass is 223 g/mol. The second kappa shape index (κ2) is 3.41. The fourth-order valence-electron chi connectivity index (χ4n) is 1.37. The number of aryl methyl sites for hydroxylation is 1. The first-order chi connectivity index (χ1) is 7.50. The Morgan fingerprint density at radius 3 is 2.62 bits per heavy atom. The molecule has 0 aliphatic heterocycles. The molecule has 0 aliphatic rings. The highest BCUT2D eigenvalue weighted by molar-refractivity contribution is 5.70. The molecule has 0 saturated carbocycles. The second-order valence-corrected chi connectivity index (χ2v) is 3.37. The molecular formula is C10H10FN3O2. The van der Waals surface area contributed by atoms with Crippen LogP contribution in [0.4, 0.5) is 10.2 Å². The maximum absolute atomic E-state index is 13.2. The quantitative estimate of drug-likeness (QED) is 0.678. The summed E-state index contributed by atoms with van der Waals surface area (Å²) in [5.74, 6) is -1.92. The van der Waals surface area contributed by atoms with Gasteiger partial charge in [0.15, 0.2) is 11.5 Å². The summed E-state index contributed by atoms with van der Waals surface area (Å²) >= 11 is 0. The van der Waals surface area contributed by atoms with Crippen LogP contribution in [0.25, 0.3) is 11.3 Å². The Morgan fingerprint density at radius 2 is 2.06 bits per heavy atom. The SMILES string of the molecule is Cn1nc(-c2ccc(O)c(F)c2O)cc1N. The first-order valence-electron chi connectivity index (χ1n) is 4.51. The van der Waals surface area contributed by atoms with Crippen LogP contribution >= 0.6 is 0 Å². The van der Waals surface area contributed by atoms with Gasteiger partial charge in [-0.2, -0.15) is 9.49 Å². The summed E-state index contributed by atoms with van der Waals surface area (Å²) in [5, 5.41) is 22.5. The zero-order valence-electron chi connectivity index (χ0n) is 8.48. The van der Waals surface area contributed by atoms with Gasteiger partial charge in [-0.1, -0.05) is 0 Å². The van der Waals surface area contributed by atoms with E-state index in [1.807, 2.05) is 0 Å². The van der Waals surface area contributed by atoms with Gasteiger partial charge in [0.2, 0.25) is 5.82 Å². The number of hydrogen-bond acceptors (Lipinski definition) is 4. The number of halogens is 1. The third-order valence-electron chi connectivity index (χ3n) is 2.29. The summed E-state index contributed by atoms with van der Waals surface area (Å²) in [7, 11) is 1.63. The molecule has 0 amide bonds. The number of nitrogens with zero attached hydrogens (tertiary/aromatic N) is 2. The van der Waals surface area contributed by atoms with Crippen LogP contribution in [0.3, 0.4) is 0 Å². The highest BCUT2D eigenvalue weighted by Gasteiger charge is 2.15. The van der Waals surface area contributed by atoms with E-state index in [-0.39, 0.29) is 5.56 Å². The highest BCUT2D eigenvalue weighted by Crippen LogP contribution is 2.35. The smallest absolute Gasteiger partial charge is 0.207 e. The molecule has 4 N–H and O–H groups in total. The number of nitrogen functional groups attached to an aromatic ring is 1. The molecule has 0 atom stereocenters. The summed E-state index contributed by atoms with van der Waals surface area (Å²) in [4.78, 5) is 0. The molecule has 0 fully saturated rings. The number of anilines is 1. The van der Waals surface area contributed by atoms with Crippen LogP contribution in [0.5, 0.6) is 11.5 Å². The van der Waals surface area contributed by atoms with Gasteiger partial charge in [-0.05, 0) is 12.1 Å². The number of phenolic OH excluding ortho intramolecular Hbond substituents is 2. The average molecular weight is 223 g/mol. The Hall–Kier alpha value is -2.24. The molecule has 2 aromatic rings. The van der Waals surface area contributed by atoms with Crippen LogP contribution in [-0.2, 0) is 7.05 Å². The number of nitrogens with two attached hydrogens (primary N) is 1. The van der Waals surface area contributed by atoms with Crippen LogP contribution in [0.1, 0.15) is 0 Å². The van der Waals surface area contributed by atoms with Crippen LogP contribution in [0, 0.1) is 5.82 Å². The lowest BCUT2D eigenvalue weighted by molar-refractivity contribution is 0.390. The molecule has 0 aliphatic carbocycles. The third kappa shape index (κ3) is 1.44. The van der Waals surface area contributed by atoms with Crippen LogP contribution in [0.15, 0.2) is 18.2 Å². The van der Waals surface area contributed by atoms with Gasteiger partial charge in [-0.3, -0.25) is 4.68 Å². The van der Waals surface area contributed by atoms with Crippen LogP contribution in [-0.4, -0.2) is 20.0 Å². The van der Waals surface area contributed by atoms with E-state index in [0.717, 1.165) is 6.07 Å². The van der Waals surface area contributed by atoms with E-state index in [0.29, 0.717) is 11.5 Å². The van der Waals surface area contributed by atoms with E-state index in [2.05, 4.69) is 5.10 Å². The van der Waals surface area contributed by atoms with Gasteiger partial charge in [0.1, 0.15) is 5.82 Å². The topological polar surface area (TPSA) is 84.3 Å². The first-order valence-corrected chi connectivity index (χ1v) is 4.51. The second-order valence-electron chi connectivity index (χ2n) is 3.37. The van der Waals surface area contributed by atoms with Gasteiger partial charge in [-0.15, -0.1) is 0 Å². The molecule has 0 bridgehead atoms. The molecule has 16 heavy (non-hydrogen) atoms. The average Bonchev–Trinajstić information content (AvgIpc) is 2.56. The summed E-state index contributed by atoms with van der Waals surface area (Å²) in [6, 6.07) is 4.02. The number of rotatable bonds is 1. The summed E-state index contributed by atoms with van der Waals surface area (Å²) in [6.07, 6.45) is 0. The lowest BCUT2D eigenvalue weighted by atomic mass is 10.1. The van der Waals surface area contributed by atoms with E-state index < -0.39 is 17.3 Å². The van der Waals surface area contributed by atoms with Crippen LogP contribution < -0.4 is 5.73 Å². The van der Waals surface area contributed by atoms with Crippen LogP contribution in [0.2, 0.25) is 0 Å². The molecule has 6 heteroatoms. The van der Waals surface area contributed by atoms with Crippen molar-refractivity contribution in [3.05, 3.63) is 24.0 Å². The molecule has 1 aromatic heterocycles. The zero-order chi connectivity index (χ0) is 11.9. The molecule has 0 unspecified atom stereocenters. The molecule has 2 rings (SSSR count).